The number of hydrogen-bond donors (Lipinski definition) is 2. The number of benzene rings is 2. The van der Waals surface area contributed by atoms with Crippen LogP contribution in [0.4, 0.5) is 11.4 Å². The summed E-state index contributed by atoms with van der Waals surface area (Å²) in [6, 6.07) is 12.6. The van der Waals surface area contributed by atoms with Crippen LogP contribution < -0.4 is 5.32 Å². The van der Waals surface area contributed by atoms with Crippen molar-refractivity contribution in [3.05, 3.63) is 60.7 Å². The standard InChI is InChI=1S/C26H31N5O3S2/c1-4-14-31-23-11-10-21(36(33,34)30-15-12-18(3)13-16-30)17-22(23)24(25(31)32)28-29-26(35)27-20-8-6-19(5-2)7-9-20/h4,6-11,17-18,32H,1,5,12-16H2,2-3H3,(H,27,35). The number of nitrogens with zero attached hydrogens (tertiary/aromatic N) is 4. The minimum atomic E-state index is -3.68. The van der Waals surface area contributed by atoms with E-state index in [0.29, 0.717) is 36.5 Å². The summed E-state index contributed by atoms with van der Waals surface area (Å²) in [6.07, 6.45) is 4.25. The van der Waals surface area contributed by atoms with Crippen molar-refractivity contribution in [2.75, 3.05) is 18.4 Å². The summed E-state index contributed by atoms with van der Waals surface area (Å²) in [7, 11) is -3.68. The molecule has 0 radical (unpaired) electrons. The summed E-state index contributed by atoms with van der Waals surface area (Å²) >= 11 is 5.32. The molecule has 1 saturated heterocycles. The molecule has 0 spiro atoms. The number of nitrogens with one attached hydrogen (secondary N) is 1. The van der Waals surface area contributed by atoms with Crippen molar-refractivity contribution in [3.8, 4) is 5.88 Å². The van der Waals surface area contributed by atoms with Crippen LogP contribution in [0.3, 0.4) is 0 Å². The summed E-state index contributed by atoms with van der Waals surface area (Å²) in [5, 5.41) is 22.8. The molecule has 0 saturated carbocycles. The number of anilines is 1. The third kappa shape index (κ3) is 5.35. The molecule has 0 bridgehead atoms. The van der Waals surface area contributed by atoms with Gasteiger partial charge in [-0.2, -0.15) is 4.31 Å². The molecular weight excluding hydrogens is 494 g/mol. The minimum absolute atomic E-state index is 0.120. The number of piperidine rings is 1. The van der Waals surface area contributed by atoms with E-state index in [1.54, 1.807) is 28.8 Å². The second-order valence-corrected chi connectivity index (χ2v) is 11.3. The topological polar surface area (TPSA) is 99.3 Å². The van der Waals surface area contributed by atoms with E-state index in [0.717, 1.165) is 24.9 Å². The Bertz CT molecular complexity index is 1400. The van der Waals surface area contributed by atoms with E-state index < -0.39 is 10.0 Å². The van der Waals surface area contributed by atoms with Crippen LogP contribution in [0.5, 0.6) is 5.88 Å². The Kier molecular flexibility index (Phi) is 7.87. The van der Waals surface area contributed by atoms with E-state index in [2.05, 4.69) is 36.0 Å². The number of thiocarbonyl (C=S) groups is 1. The van der Waals surface area contributed by atoms with Crippen LogP contribution >= 0.6 is 12.2 Å². The molecular formula is C26H31N5O3S2. The fourth-order valence-corrected chi connectivity index (χ4v) is 5.97. The highest BCUT2D eigenvalue weighted by molar-refractivity contribution is 7.89. The molecule has 0 atom stereocenters. The summed E-state index contributed by atoms with van der Waals surface area (Å²) in [5.74, 6) is 0.378. The van der Waals surface area contributed by atoms with E-state index in [1.165, 1.54) is 9.87 Å². The molecule has 2 N–H and O–H groups in total. The van der Waals surface area contributed by atoms with Crippen molar-refractivity contribution in [2.24, 2.45) is 16.1 Å². The largest absolute Gasteiger partial charge is 0.493 e. The first-order chi connectivity index (χ1) is 17.2. The summed E-state index contributed by atoms with van der Waals surface area (Å²) < 4.78 is 29.8. The van der Waals surface area contributed by atoms with Gasteiger partial charge >= 0.3 is 0 Å². The van der Waals surface area contributed by atoms with Gasteiger partial charge < -0.3 is 15.0 Å². The molecule has 0 unspecified atom stereocenters. The number of aryl methyl sites for hydroxylation is 1. The van der Waals surface area contributed by atoms with Crippen molar-refractivity contribution < 1.29 is 13.5 Å². The molecule has 1 aliphatic heterocycles. The van der Waals surface area contributed by atoms with Crippen LogP contribution in [0.15, 0.2) is 70.2 Å². The molecule has 1 aliphatic rings. The van der Waals surface area contributed by atoms with Gasteiger partial charge in [-0.05, 0) is 73.3 Å². The zero-order valence-corrected chi connectivity index (χ0v) is 22.1. The van der Waals surface area contributed by atoms with Crippen molar-refractivity contribution in [1.82, 2.24) is 8.87 Å². The molecule has 4 rings (SSSR count). The van der Waals surface area contributed by atoms with Gasteiger partial charge in [0, 0.05) is 30.7 Å². The summed E-state index contributed by atoms with van der Waals surface area (Å²) in [6.45, 7) is 9.28. The molecule has 36 heavy (non-hydrogen) atoms. The maximum Gasteiger partial charge on any atom is 0.243 e. The van der Waals surface area contributed by atoms with Gasteiger partial charge in [0.15, 0.2) is 5.69 Å². The van der Waals surface area contributed by atoms with Gasteiger partial charge in [-0.15, -0.1) is 16.8 Å². The molecule has 1 aromatic heterocycles. The Morgan fingerprint density at radius 2 is 1.92 bits per heavy atom. The first-order valence-electron chi connectivity index (χ1n) is 12.0. The maximum absolute atomic E-state index is 13.3. The lowest BCUT2D eigenvalue weighted by Crippen LogP contribution is -2.37. The fourth-order valence-electron chi connectivity index (χ4n) is 4.32. The Balaban J connectivity index is 1.67. The highest BCUT2D eigenvalue weighted by Gasteiger charge is 2.29. The Morgan fingerprint density at radius 3 is 2.56 bits per heavy atom. The lowest BCUT2D eigenvalue weighted by molar-refractivity contribution is 0.288. The van der Waals surface area contributed by atoms with Crippen LogP contribution in [0.25, 0.3) is 10.9 Å². The smallest absolute Gasteiger partial charge is 0.243 e. The van der Waals surface area contributed by atoms with Crippen molar-refractivity contribution in [2.45, 2.75) is 44.6 Å². The average Bonchev–Trinajstić information content (AvgIpc) is 3.13. The SMILES string of the molecule is C=CCn1c(O)c(N=NC(=S)Nc2ccc(CC)cc2)c2cc(S(=O)(=O)N3CCC(C)CC3)ccc21. The number of aromatic nitrogens is 1. The zero-order chi connectivity index (χ0) is 25.9. The maximum atomic E-state index is 13.3. The number of sulfonamides is 1. The summed E-state index contributed by atoms with van der Waals surface area (Å²) in [4.78, 5) is 0.161. The first kappa shape index (κ1) is 26.0. The van der Waals surface area contributed by atoms with Crippen molar-refractivity contribution in [1.29, 1.82) is 0 Å². The van der Waals surface area contributed by atoms with Crippen LogP contribution in [-0.4, -0.2) is 40.6 Å². The van der Waals surface area contributed by atoms with E-state index in [4.69, 9.17) is 12.2 Å². The van der Waals surface area contributed by atoms with Crippen LogP contribution in [0, 0.1) is 5.92 Å². The minimum Gasteiger partial charge on any atom is -0.493 e. The highest BCUT2D eigenvalue weighted by Crippen LogP contribution is 2.40. The monoisotopic (exact) mass is 525 g/mol. The van der Waals surface area contributed by atoms with Gasteiger partial charge in [-0.3, -0.25) is 0 Å². The van der Waals surface area contributed by atoms with Gasteiger partial charge in [0.05, 0.1) is 10.4 Å². The normalized spacial score (nSPS) is 15.5. The van der Waals surface area contributed by atoms with Gasteiger partial charge in [0.25, 0.3) is 0 Å². The van der Waals surface area contributed by atoms with Crippen LogP contribution in [-0.2, 0) is 23.0 Å². The molecule has 2 aromatic carbocycles. The third-order valence-electron chi connectivity index (χ3n) is 6.53. The lowest BCUT2D eigenvalue weighted by Gasteiger charge is -2.29. The highest BCUT2D eigenvalue weighted by atomic mass is 32.2. The predicted molar refractivity (Wildman–Crippen MR) is 148 cm³/mol. The van der Waals surface area contributed by atoms with Crippen molar-refractivity contribution >= 4 is 49.6 Å². The molecule has 10 heteroatoms. The second-order valence-electron chi connectivity index (χ2n) is 9.02. The van der Waals surface area contributed by atoms with Crippen molar-refractivity contribution in [3.63, 3.8) is 0 Å². The number of fused-ring (bicyclic) bond motifs is 1. The zero-order valence-electron chi connectivity index (χ0n) is 20.5. The molecule has 3 aromatic rings. The van der Waals surface area contributed by atoms with E-state index in [1.807, 2.05) is 24.3 Å². The molecule has 0 amide bonds. The number of aromatic hydroxyl groups is 1. The lowest BCUT2D eigenvalue weighted by atomic mass is 10.0. The summed E-state index contributed by atoms with van der Waals surface area (Å²) in [5.41, 5.74) is 2.76. The predicted octanol–water partition coefficient (Wildman–Crippen LogP) is 6.00. The number of hydrogen-bond acceptors (Lipinski definition) is 5. The average molecular weight is 526 g/mol. The van der Waals surface area contributed by atoms with Crippen LogP contribution in [0.2, 0.25) is 0 Å². The molecule has 0 aliphatic carbocycles. The third-order valence-corrected chi connectivity index (χ3v) is 8.61. The molecule has 2 heterocycles. The van der Waals surface area contributed by atoms with Gasteiger partial charge in [-0.25, -0.2) is 8.42 Å². The number of allylic oxidation sites excluding steroid dienone is 1. The van der Waals surface area contributed by atoms with E-state index >= 15 is 0 Å². The van der Waals surface area contributed by atoms with Crippen LogP contribution in [0.1, 0.15) is 32.3 Å². The molecule has 1 fully saturated rings. The Morgan fingerprint density at radius 1 is 1.22 bits per heavy atom. The fraction of sp³-hybridized carbons (Fsp3) is 0.346. The van der Waals surface area contributed by atoms with Gasteiger partial charge in [0.2, 0.25) is 21.0 Å². The molecule has 190 valence electrons. The molecule has 8 nitrogen and oxygen atoms in total. The first-order valence-corrected chi connectivity index (χ1v) is 13.9. The number of rotatable bonds is 7. The van der Waals surface area contributed by atoms with Gasteiger partial charge in [0.1, 0.15) is 0 Å². The Hall–Kier alpha value is -3.08. The number of azo groups is 1. The quantitative estimate of drug-likeness (QED) is 0.224. The Labute approximate surface area is 217 Å². The second kappa shape index (κ2) is 10.9. The van der Waals surface area contributed by atoms with Gasteiger partial charge in [-0.1, -0.05) is 32.1 Å². The van der Waals surface area contributed by atoms with E-state index in [-0.39, 0.29) is 21.6 Å². The van der Waals surface area contributed by atoms with E-state index in [9.17, 15) is 13.5 Å².